The van der Waals surface area contributed by atoms with Gasteiger partial charge in [0, 0.05) is 18.9 Å². The summed E-state index contributed by atoms with van der Waals surface area (Å²) in [7, 11) is 1.65. The Morgan fingerprint density at radius 1 is 1.47 bits per heavy atom. The van der Waals surface area contributed by atoms with Gasteiger partial charge in [0.05, 0.1) is 6.61 Å². The average Bonchev–Trinajstić information content (AvgIpc) is 2.40. The smallest absolute Gasteiger partial charge is 0.257 e. The summed E-state index contributed by atoms with van der Waals surface area (Å²) in [5, 5.41) is 0. The fourth-order valence-electron chi connectivity index (χ4n) is 1.62. The van der Waals surface area contributed by atoms with E-state index in [1.54, 1.807) is 13.3 Å². The van der Waals surface area contributed by atoms with E-state index in [1.165, 1.54) is 0 Å². The van der Waals surface area contributed by atoms with Gasteiger partial charge in [-0.1, -0.05) is 20.8 Å². The largest absolute Gasteiger partial charge is 0.484 e. The van der Waals surface area contributed by atoms with E-state index in [9.17, 15) is 0 Å². The zero-order chi connectivity index (χ0) is 12.7. The minimum atomic E-state index is -0.0536. The van der Waals surface area contributed by atoms with Crippen molar-refractivity contribution in [3.63, 3.8) is 0 Å². The van der Waals surface area contributed by atoms with Crippen molar-refractivity contribution in [3.8, 4) is 11.6 Å². The molecule has 0 N–H and O–H groups in total. The molecule has 0 amide bonds. The second-order valence-corrected chi connectivity index (χ2v) is 3.46. The van der Waals surface area contributed by atoms with Crippen molar-refractivity contribution >= 4 is 0 Å². The van der Waals surface area contributed by atoms with Gasteiger partial charge in [-0.25, -0.2) is 4.98 Å². The number of pyridine rings is 1. The summed E-state index contributed by atoms with van der Waals surface area (Å²) >= 11 is 0. The van der Waals surface area contributed by atoms with Crippen LogP contribution in [0.2, 0.25) is 0 Å². The zero-order valence-electron chi connectivity index (χ0n) is 11.0. The third kappa shape index (κ3) is 3.33. The Morgan fingerprint density at radius 2 is 2.24 bits per heavy atom. The Balaban J connectivity index is 0.000000686. The summed E-state index contributed by atoms with van der Waals surface area (Å²) in [5.74, 6) is 1.37. The predicted molar refractivity (Wildman–Crippen MR) is 66.8 cm³/mol. The van der Waals surface area contributed by atoms with Gasteiger partial charge in [0.1, 0.15) is 6.61 Å². The first-order valence-corrected chi connectivity index (χ1v) is 6.11. The Morgan fingerprint density at radius 3 is 2.88 bits per heavy atom. The number of aromatic nitrogens is 1. The van der Waals surface area contributed by atoms with E-state index < -0.39 is 0 Å². The monoisotopic (exact) mass is 239 g/mol. The van der Waals surface area contributed by atoms with Crippen LogP contribution < -0.4 is 9.47 Å². The molecular formula is C13H21NO3. The lowest BCUT2D eigenvalue weighted by atomic mass is 10.2. The molecule has 1 unspecified atom stereocenters. The molecule has 0 saturated carbocycles. The molecule has 1 atom stereocenters. The first-order valence-electron chi connectivity index (χ1n) is 6.11. The number of aryl methyl sites for hydroxylation is 1. The molecule has 0 aromatic carbocycles. The zero-order valence-corrected chi connectivity index (χ0v) is 11.0. The number of nitrogens with zero attached hydrogens (tertiary/aromatic N) is 1. The highest BCUT2D eigenvalue weighted by molar-refractivity contribution is 5.42. The molecule has 4 heteroatoms. The van der Waals surface area contributed by atoms with Crippen LogP contribution in [0.1, 0.15) is 26.3 Å². The maximum absolute atomic E-state index is 5.65. The van der Waals surface area contributed by atoms with E-state index >= 15 is 0 Å². The van der Waals surface area contributed by atoms with Crippen molar-refractivity contribution in [1.29, 1.82) is 0 Å². The van der Waals surface area contributed by atoms with E-state index in [2.05, 4.69) is 11.9 Å². The summed E-state index contributed by atoms with van der Waals surface area (Å²) in [5.41, 5.74) is 1.14. The van der Waals surface area contributed by atoms with Crippen LogP contribution >= 0.6 is 0 Å². The molecular weight excluding hydrogens is 218 g/mol. The lowest BCUT2D eigenvalue weighted by Crippen LogP contribution is -2.33. The summed E-state index contributed by atoms with van der Waals surface area (Å²) in [4.78, 5) is 4.16. The Hall–Kier alpha value is -1.29. The minimum Gasteiger partial charge on any atom is -0.484 e. The second-order valence-electron chi connectivity index (χ2n) is 3.46. The SMILES string of the molecule is CC.CCc1ccnc2c1OCC(COC)O2. The molecule has 0 aliphatic carbocycles. The average molecular weight is 239 g/mol. The minimum absolute atomic E-state index is 0.0536. The predicted octanol–water partition coefficient (Wildman–Crippen LogP) is 2.46. The molecule has 0 radical (unpaired) electrons. The van der Waals surface area contributed by atoms with Crippen LogP contribution in [0.3, 0.4) is 0 Å². The van der Waals surface area contributed by atoms with Gasteiger partial charge >= 0.3 is 0 Å². The molecule has 1 aliphatic rings. The lowest BCUT2D eigenvalue weighted by Gasteiger charge is -2.26. The molecule has 0 spiro atoms. The highest BCUT2D eigenvalue weighted by Gasteiger charge is 2.23. The molecule has 4 nitrogen and oxygen atoms in total. The van der Waals surface area contributed by atoms with Crippen LogP contribution in [0, 0.1) is 0 Å². The fraction of sp³-hybridized carbons (Fsp3) is 0.615. The maximum atomic E-state index is 5.65. The third-order valence-electron chi connectivity index (χ3n) is 2.38. The van der Waals surface area contributed by atoms with Gasteiger partial charge in [-0.3, -0.25) is 0 Å². The molecule has 0 bridgehead atoms. The second kappa shape index (κ2) is 7.12. The van der Waals surface area contributed by atoms with Crippen molar-refractivity contribution in [2.45, 2.75) is 33.3 Å². The summed E-state index contributed by atoms with van der Waals surface area (Å²) in [6.45, 7) is 7.14. The topological polar surface area (TPSA) is 40.6 Å². The molecule has 1 aromatic heterocycles. The highest BCUT2D eigenvalue weighted by Crippen LogP contribution is 2.33. The number of hydrogen-bond donors (Lipinski definition) is 0. The van der Waals surface area contributed by atoms with Gasteiger partial charge in [-0.2, -0.15) is 0 Å². The Kier molecular flexibility index (Phi) is 5.77. The molecule has 17 heavy (non-hydrogen) atoms. The van der Waals surface area contributed by atoms with Crippen LogP contribution in [0.15, 0.2) is 12.3 Å². The molecule has 2 rings (SSSR count). The van der Waals surface area contributed by atoms with Crippen LogP contribution in [-0.4, -0.2) is 31.4 Å². The maximum Gasteiger partial charge on any atom is 0.257 e. The number of hydrogen-bond acceptors (Lipinski definition) is 4. The standard InChI is InChI=1S/C11H15NO3.C2H6/c1-3-8-4-5-12-11-10(8)14-7-9(15-11)6-13-2;1-2/h4-5,9H,3,6-7H2,1-2H3;1-2H3. The van der Waals surface area contributed by atoms with Crippen molar-refractivity contribution < 1.29 is 14.2 Å². The van der Waals surface area contributed by atoms with Crippen molar-refractivity contribution in [1.82, 2.24) is 4.98 Å². The lowest BCUT2D eigenvalue weighted by molar-refractivity contribution is 0.0229. The van der Waals surface area contributed by atoms with Crippen LogP contribution in [0.4, 0.5) is 0 Å². The van der Waals surface area contributed by atoms with Gasteiger partial charge < -0.3 is 14.2 Å². The number of rotatable bonds is 3. The highest BCUT2D eigenvalue weighted by atomic mass is 16.6. The summed E-state index contributed by atoms with van der Waals surface area (Å²) in [6, 6.07) is 1.96. The molecule has 1 aromatic rings. The molecule has 0 fully saturated rings. The van der Waals surface area contributed by atoms with E-state index in [-0.39, 0.29) is 6.10 Å². The number of fused-ring (bicyclic) bond motifs is 1. The molecule has 96 valence electrons. The molecule has 0 saturated heterocycles. The summed E-state index contributed by atoms with van der Waals surface area (Å²) < 4.78 is 16.3. The number of ether oxygens (including phenoxy) is 3. The van der Waals surface area contributed by atoms with Crippen molar-refractivity contribution in [3.05, 3.63) is 17.8 Å². The van der Waals surface area contributed by atoms with E-state index in [4.69, 9.17) is 14.2 Å². The van der Waals surface area contributed by atoms with E-state index in [0.29, 0.717) is 19.1 Å². The van der Waals surface area contributed by atoms with Crippen molar-refractivity contribution in [2.24, 2.45) is 0 Å². The van der Waals surface area contributed by atoms with Gasteiger partial charge in [0.15, 0.2) is 11.9 Å². The Bertz CT molecular complexity index is 341. The van der Waals surface area contributed by atoms with Crippen molar-refractivity contribution in [2.75, 3.05) is 20.3 Å². The van der Waals surface area contributed by atoms with E-state index in [1.807, 2.05) is 19.9 Å². The first-order chi connectivity index (χ1) is 8.35. The number of methoxy groups -OCH3 is 1. The molecule has 1 aliphatic heterocycles. The first kappa shape index (κ1) is 13.8. The van der Waals surface area contributed by atoms with Gasteiger partial charge in [0.25, 0.3) is 5.88 Å². The Labute approximate surface area is 103 Å². The molecule has 2 heterocycles. The quantitative estimate of drug-likeness (QED) is 0.812. The van der Waals surface area contributed by atoms with Crippen LogP contribution in [0.25, 0.3) is 0 Å². The van der Waals surface area contributed by atoms with Crippen LogP contribution in [0.5, 0.6) is 11.6 Å². The normalized spacial score (nSPS) is 17.1. The van der Waals surface area contributed by atoms with Gasteiger partial charge in [0.2, 0.25) is 0 Å². The van der Waals surface area contributed by atoms with Gasteiger partial charge in [-0.05, 0) is 12.5 Å². The van der Waals surface area contributed by atoms with Gasteiger partial charge in [-0.15, -0.1) is 0 Å². The fourth-order valence-corrected chi connectivity index (χ4v) is 1.62. The van der Waals surface area contributed by atoms with Crippen LogP contribution in [-0.2, 0) is 11.2 Å². The third-order valence-corrected chi connectivity index (χ3v) is 2.38. The summed E-state index contributed by atoms with van der Waals surface area (Å²) in [6.07, 6.45) is 2.61. The van der Waals surface area contributed by atoms with E-state index in [0.717, 1.165) is 17.7 Å².